The number of ether oxygens (including phenoxy) is 1. The molecule has 2 amide bonds. The Morgan fingerprint density at radius 1 is 0.968 bits per heavy atom. The number of benzene rings is 2. The first-order valence-electron chi connectivity index (χ1n) is 9.91. The van der Waals surface area contributed by atoms with Gasteiger partial charge in [-0.05, 0) is 11.1 Å². The molecule has 0 aliphatic carbocycles. The lowest BCUT2D eigenvalue weighted by Crippen LogP contribution is -2.42. The Morgan fingerprint density at radius 2 is 1.55 bits per heavy atom. The van der Waals surface area contributed by atoms with Gasteiger partial charge in [0.05, 0.1) is 6.04 Å². The van der Waals surface area contributed by atoms with Crippen LogP contribution in [-0.2, 0) is 27.4 Å². The molecule has 0 saturated carbocycles. The van der Waals surface area contributed by atoms with Gasteiger partial charge in [0.2, 0.25) is 0 Å². The number of thioether (sulfide) groups is 1. The Kier molecular flexibility index (Phi) is 6.27. The number of hydrogen-bond donors (Lipinski definition) is 1. The zero-order chi connectivity index (χ0) is 21.8. The molecule has 2 aliphatic heterocycles. The molecule has 7 nitrogen and oxygen atoms in total. The Bertz CT molecular complexity index is 982. The molecule has 160 valence electrons. The molecule has 0 radical (unpaired) electrons. The van der Waals surface area contributed by atoms with Crippen molar-refractivity contribution in [2.45, 2.75) is 30.6 Å². The van der Waals surface area contributed by atoms with E-state index < -0.39 is 17.4 Å². The van der Waals surface area contributed by atoms with Crippen molar-refractivity contribution in [1.82, 2.24) is 9.80 Å². The summed E-state index contributed by atoms with van der Waals surface area (Å²) < 4.78 is 5.54. The Labute approximate surface area is 184 Å². The number of amides is 2. The largest absolute Gasteiger partial charge is 0.478 e. The molecule has 2 saturated heterocycles. The van der Waals surface area contributed by atoms with Crippen molar-refractivity contribution < 1.29 is 24.2 Å². The van der Waals surface area contributed by atoms with Gasteiger partial charge >= 0.3 is 18.0 Å². The highest BCUT2D eigenvalue weighted by atomic mass is 32.2. The average Bonchev–Trinajstić information content (AvgIpc) is 3.28. The number of carboxylic acids is 1. The molecule has 2 fully saturated rings. The normalized spacial score (nSPS) is 22.7. The number of hydrogen-bond acceptors (Lipinski definition) is 5. The van der Waals surface area contributed by atoms with Crippen LogP contribution in [-0.4, -0.2) is 56.1 Å². The van der Waals surface area contributed by atoms with Gasteiger partial charge in [-0.1, -0.05) is 60.7 Å². The predicted molar refractivity (Wildman–Crippen MR) is 116 cm³/mol. The van der Waals surface area contributed by atoms with Gasteiger partial charge in [-0.3, -0.25) is 0 Å². The standard InChI is InChI=1S/C23H22N2O5S/c26-19(27)11-12-20(28)30-22-21-18(15-31-22)24(13-16-7-3-1-4-8-16)23(29)25(21)14-17-9-5-2-6-10-17/h1-12,18,21-22H,13-15H2,(H,26,27)/b12-11-/t18-,21-,22-/m0/s1. The molecule has 0 unspecified atom stereocenters. The topological polar surface area (TPSA) is 87.1 Å². The fourth-order valence-electron chi connectivity index (χ4n) is 3.95. The zero-order valence-corrected chi connectivity index (χ0v) is 17.5. The minimum absolute atomic E-state index is 0.0925. The van der Waals surface area contributed by atoms with Crippen LogP contribution in [0.5, 0.6) is 0 Å². The van der Waals surface area contributed by atoms with Crippen molar-refractivity contribution >= 4 is 29.7 Å². The highest BCUT2D eigenvalue weighted by Crippen LogP contribution is 2.41. The first-order valence-corrected chi connectivity index (χ1v) is 11.0. The van der Waals surface area contributed by atoms with Gasteiger partial charge in [0.15, 0.2) is 5.44 Å². The minimum Gasteiger partial charge on any atom is -0.478 e. The van der Waals surface area contributed by atoms with Crippen molar-refractivity contribution in [3.63, 3.8) is 0 Å². The fourth-order valence-corrected chi connectivity index (χ4v) is 5.40. The van der Waals surface area contributed by atoms with Crippen LogP contribution in [0.3, 0.4) is 0 Å². The lowest BCUT2D eigenvalue weighted by atomic mass is 10.1. The van der Waals surface area contributed by atoms with Crippen LogP contribution in [0, 0.1) is 0 Å². The van der Waals surface area contributed by atoms with Gasteiger partial charge in [-0.2, -0.15) is 0 Å². The molecule has 0 bridgehead atoms. The molecular weight excluding hydrogens is 416 g/mol. The SMILES string of the molecule is O=C(O)/C=C\C(=O)O[C@H]1SC[C@H]2[C@@H]1N(Cc1ccccc1)C(=O)N2Cc1ccccc1. The van der Waals surface area contributed by atoms with E-state index in [1.807, 2.05) is 65.6 Å². The predicted octanol–water partition coefficient (Wildman–Crippen LogP) is 3.12. The molecule has 4 rings (SSSR count). The van der Waals surface area contributed by atoms with Gasteiger partial charge in [0, 0.05) is 31.0 Å². The third-order valence-corrected chi connectivity index (χ3v) is 6.58. The van der Waals surface area contributed by atoms with E-state index in [9.17, 15) is 14.4 Å². The van der Waals surface area contributed by atoms with Crippen molar-refractivity contribution in [3.8, 4) is 0 Å². The summed E-state index contributed by atoms with van der Waals surface area (Å²) >= 11 is 1.47. The second kappa shape index (κ2) is 9.26. The van der Waals surface area contributed by atoms with Crippen LogP contribution in [0.2, 0.25) is 0 Å². The van der Waals surface area contributed by atoms with Crippen LogP contribution in [0.1, 0.15) is 11.1 Å². The summed E-state index contributed by atoms with van der Waals surface area (Å²) in [5.74, 6) is -1.31. The number of carbonyl (C=O) groups is 3. The molecule has 2 aliphatic rings. The van der Waals surface area contributed by atoms with Gasteiger partial charge in [-0.15, -0.1) is 11.8 Å². The molecule has 31 heavy (non-hydrogen) atoms. The van der Waals surface area contributed by atoms with Gasteiger partial charge in [-0.25, -0.2) is 14.4 Å². The zero-order valence-electron chi connectivity index (χ0n) is 16.7. The van der Waals surface area contributed by atoms with Crippen LogP contribution in [0.4, 0.5) is 4.79 Å². The number of carbonyl (C=O) groups excluding carboxylic acids is 2. The summed E-state index contributed by atoms with van der Waals surface area (Å²) in [7, 11) is 0. The van der Waals surface area contributed by atoms with Crippen molar-refractivity contribution in [2.24, 2.45) is 0 Å². The van der Waals surface area contributed by atoms with E-state index in [0.29, 0.717) is 18.8 Å². The molecule has 0 spiro atoms. The number of carboxylic acid groups (broad SMARTS) is 1. The number of fused-ring (bicyclic) bond motifs is 1. The summed E-state index contributed by atoms with van der Waals surface area (Å²) in [6, 6.07) is 19.0. The molecule has 2 heterocycles. The van der Waals surface area contributed by atoms with Crippen LogP contribution >= 0.6 is 11.8 Å². The fraction of sp³-hybridized carbons (Fsp3) is 0.261. The summed E-state index contributed by atoms with van der Waals surface area (Å²) in [6.45, 7) is 0.887. The van der Waals surface area contributed by atoms with Crippen molar-refractivity contribution in [1.29, 1.82) is 0 Å². The summed E-state index contributed by atoms with van der Waals surface area (Å²) in [5.41, 5.74) is 1.46. The van der Waals surface area contributed by atoms with Gasteiger partial charge in [0.1, 0.15) is 6.04 Å². The van der Waals surface area contributed by atoms with Gasteiger partial charge in [0.25, 0.3) is 0 Å². The lowest BCUT2D eigenvalue weighted by molar-refractivity contribution is -0.141. The Morgan fingerprint density at radius 3 is 2.13 bits per heavy atom. The van der Waals surface area contributed by atoms with E-state index in [-0.39, 0.29) is 18.1 Å². The molecule has 0 aromatic heterocycles. The Hall–Kier alpha value is -3.26. The maximum absolute atomic E-state index is 13.4. The van der Waals surface area contributed by atoms with Gasteiger partial charge < -0.3 is 19.6 Å². The first-order chi connectivity index (χ1) is 15.0. The van der Waals surface area contributed by atoms with Crippen molar-refractivity contribution in [3.05, 3.63) is 83.9 Å². The smallest absolute Gasteiger partial charge is 0.332 e. The number of esters is 1. The minimum atomic E-state index is -1.22. The van der Waals surface area contributed by atoms with E-state index in [0.717, 1.165) is 23.3 Å². The van der Waals surface area contributed by atoms with E-state index in [1.54, 1.807) is 4.90 Å². The first kappa shape index (κ1) is 21.0. The monoisotopic (exact) mass is 438 g/mol. The summed E-state index contributed by atoms with van der Waals surface area (Å²) in [6.07, 6.45) is 1.65. The quantitative estimate of drug-likeness (QED) is 0.406. The molecule has 3 atom stereocenters. The molecule has 2 aromatic rings. The second-order valence-corrected chi connectivity index (χ2v) is 8.51. The van der Waals surface area contributed by atoms with E-state index >= 15 is 0 Å². The Balaban J connectivity index is 1.57. The van der Waals surface area contributed by atoms with Crippen molar-refractivity contribution in [2.75, 3.05) is 5.75 Å². The number of rotatable bonds is 7. The van der Waals surface area contributed by atoms with Crippen LogP contribution in [0.25, 0.3) is 0 Å². The molecular formula is C23H22N2O5S. The van der Waals surface area contributed by atoms with E-state index in [4.69, 9.17) is 9.84 Å². The summed E-state index contributed by atoms with van der Waals surface area (Å²) in [4.78, 5) is 39.8. The maximum Gasteiger partial charge on any atom is 0.332 e. The molecule has 2 aromatic carbocycles. The second-order valence-electron chi connectivity index (χ2n) is 7.38. The average molecular weight is 439 g/mol. The molecule has 1 N–H and O–H groups in total. The number of aliphatic carboxylic acids is 1. The highest BCUT2D eigenvalue weighted by Gasteiger charge is 2.54. The number of nitrogens with zero attached hydrogens (tertiary/aromatic N) is 2. The van der Waals surface area contributed by atoms with E-state index in [2.05, 4.69) is 0 Å². The highest BCUT2D eigenvalue weighted by molar-refractivity contribution is 8.00. The lowest BCUT2D eigenvalue weighted by Gasteiger charge is -2.26. The van der Waals surface area contributed by atoms with Crippen LogP contribution < -0.4 is 0 Å². The molecule has 8 heteroatoms. The summed E-state index contributed by atoms with van der Waals surface area (Å²) in [5, 5.41) is 8.73. The maximum atomic E-state index is 13.4. The number of urea groups is 1. The third kappa shape index (κ3) is 4.74. The van der Waals surface area contributed by atoms with Crippen LogP contribution in [0.15, 0.2) is 72.8 Å². The van der Waals surface area contributed by atoms with E-state index in [1.165, 1.54) is 11.8 Å². The third-order valence-electron chi connectivity index (χ3n) is 5.34.